The minimum atomic E-state index is 0.649. The number of nitrogens with zero attached hydrogens (tertiary/aromatic N) is 3. The van der Waals surface area contributed by atoms with E-state index in [4.69, 9.17) is 9.47 Å². The number of rotatable bonds is 7. The fourth-order valence-electron chi connectivity index (χ4n) is 2.55. The van der Waals surface area contributed by atoms with Gasteiger partial charge in [0.05, 0.1) is 14.2 Å². The lowest BCUT2D eigenvalue weighted by molar-refractivity contribution is 0.355. The molecule has 140 valence electrons. The maximum atomic E-state index is 5.33. The molecule has 1 aromatic heterocycles. The van der Waals surface area contributed by atoms with Crippen LogP contribution in [0.15, 0.2) is 54.9 Å². The largest absolute Gasteiger partial charge is 0.493 e. The summed E-state index contributed by atoms with van der Waals surface area (Å²) in [5, 5.41) is 6.53. The van der Waals surface area contributed by atoms with Gasteiger partial charge in [0.1, 0.15) is 18.0 Å². The molecule has 0 fully saturated rings. The molecule has 0 radical (unpaired) electrons. The van der Waals surface area contributed by atoms with E-state index < -0.39 is 0 Å². The molecule has 0 saturated carbocycles. The number of methoxy groups -OCH3 is 2. The van der Waals surface area contributed by atoms with E-state index in [1.165, 1.54) is 6.33 Å². The number of aromatic nitrogens is 2. The number of hydrogen-bond acceptors (Lipinski definition) is 7. The molecular weight excluding hydrogens is 342 g/mol. The highest BCUT2D eigenvalue weighted by molar-refractivity contribution is 5.66. The van der Waals surface area contributed by atoms with Crippen molar-refractivity contribution in [2.24, 2.45) is 0 Å². The van der Waals surface area contributed by atoms with Gasteiger partial charge < -0.3 is 25.0 Å². The van der Waals surface area contributed by atoms with Crippen LogP contribution in [0.5, 0.6) is 11.5 Å². The van der Waals surface area contributed by atoms with E-state index in [1.54, 1.807) is 14.2 Å². The molecule has 7 nitrogen and oxygen atoms in total. The normalized spacial score (nSPS) is 10.2. The Morgan fingerprint density at radius 1 is 0.741 bits per heavy atom. The molecule has 0 aliphatic carbocycles. The Bertz CT molecular complexity index is 897. The van der Waals surface area contributed by atoms with Crippen LogP contribution in [0.4, 0.5) is 28.7 Å². The molecular formula is C20H23N5O2. The number of benzene rings is 2. The quantitative estimate of drug-likeness (QED) is 0.654. The van der Waals surface area contributed by atoms with E-state index in [9.17, 15) is 0 Å². The smallest absolute Gasteiger partial charge is 0.162 e. The second-order valence-electron chi connectivity index (χ2n) is 6.05. The van der Waals surface area contributed by atoms with Gasteiger partial charge in [-0.15, -0.1) is 0 Å². The number of ether oxygens (including phenoxy) is 2. The van der Waals surface area contributed by atoms with Crippen molar-refractivity contribution in [3.05, 3.63) is 54.9 Å². The second kappa shape index (κ2) is 8.27. The predicted molar refractivity (Wildman–Crippen MR) is 109 cm³/mol. The van der Waals surface area contributed by atoms with Gasteiger partial charge in [0.25, 0.3) is 0 Å². The summed E-state index contributed by atoms with van der Waals surface area (Å²) in [6.07, 6.45) is 1.51. The van der Waals surface area contributed by atoms with Crippen LogP contribution in [0, 0.1) is 0 Å². The summed E-state index contributed by atoms with van der Waals surface area (Å²) in [7, 11) is 7.24. The second-order valence-corrected chi connectivity index (χ2v) is 6.05. The van der Waals surface area contributed by atoms with Crippen molar-refractivity contribution in [1.82, 2.24) is 9.97 Å². The third-order valence-electron chi connectivity index (χ3n) is 3.98. The van der Waals surface area contributed by atoms with Crippen LogP contribution >= 0.6 is 0 Å². The highest BCUT2D eigenvalue weighted by atomic mass is 16.5. The Labute approximate surface area is 159 Å². The average Bonchev–Trinajstić information content (AvgIpc) is 2.68. The number of hydrogen-bond donors (Lipinski definition) is 2. The minimum absolute atomic E-state index is 0.649. The fraction of sp³-hybridized carbons (Fsp3) is 0.200. The molecule has 7 heteroatoms. The Morgan fingerprint density at radius 3 is 1.93 bits per heavy atom. The first-order valence-electron chi connectivity index (χ1n) is 8.44. The third-order valence-corrected chi connectivity index (χ3v) is 3.98. The molecule has 0 amide bonds. The molecule has 1 heterocycles. The summed E-state index contributed by atoms with van der Waals surface area (Å²) in [6, 6.07) is 15.6. The van der Waals surface area contributed by atoms with Gasteiger partial charge in [0.15, 0.2) is 11.5 Å². The molecule has 0 bridgehead atoms. The van der Waals surface area contributed by atoms with E-state index in [0.29, 0.717) is 23.1 Å². The van der Waals surface area contributed by atoms with E-state index in [1.807, 2.05) is 62.6 Å². The predicted octanol–water partition coefficient (Wildman–Crippen LogP) is 4.05. The lowest BCUT2D eigenvalue weighted by atomic mass is 10.2. The summed E-state index contributed by atoms with van der Waals surface area (Å²) in [5.41, 5.74) is 2.93. The standard InChI is InChI=1S/C20H23N5O2/c1-25(2)16-8-5-14(6-9-16)23-19-12-20(22-13-21-19)24-15-7-10-17(26-3)18(11-15)27-4/h5-13H,1-4H3,(H2,21,22,23,24). The minimum Gasteiger partial charge on any atom is -0.493 e. The van der Waals surface area contributed by atoms with Gasteiger partial charge in [0, 0.05) is 43.3 Å². The summed E-state index contributed by atoms with van der Waals surface area (Å²) in [4.78, 5) is 10.6. The van der Waals surface area contributed by atoms with Crippen LogP contribution in [0.2, 0.25) is 0 Å². The van der Waals surface area contributed by atoms with Crippen molar-refractivity contribution in [3.8, 4) is 11.5 Å². The topological polar surface area (TPSA) is 71.5 Å². The highest BCUT2D eigenvalue weighted by Crippen LogP contribution is 2.31. The molecule has 0 spiro atoms. The molecule has 27 heavy (non-hydrogen) atoms. The molecule has 2 N–H and O–H groups in total. The number of anilines is 5. The van der Waals surface area contributed by atoms with Gasteiger partial charge in [0.2, 0.25) is 0 Å². The van der Waals surface area contributed by atoms with Crippen LogP contribution in [0.1, 0.15) is 0 Å². The van der Waals surface area contributed by atoms with Crippen LogP contribution in [-0.2, 0) is 0 Å². The van der Waals surface area contributed by atoms with E-state index >= 15 is 0 Å². The maximum Gasteiger partial charge on any atom is 0.162 e. The molecule has 2 aromatic carbocycles. The van der Waals surface area contributed by atoms with Crippen molar-refractivity contribution < 1.29 is 9.47 Å². The zero-order valence-corrected chi connectivity index (χ0v) is 15.9. The van der Waals surface area contributed by atoms with E-state index in [2.05, 4.69) is 25.5 Å². The zero-order valence-electron chi connectivity index (χ0n) is 15.9. The van der Waals surface area contributed by atoms with E-state index in [-0.39, 0.29) is 0 Å². The van der Waals surface area contributed by atoms with Crippen molar-refractivity contribution >= 4 is 28.7 Å². The van der Waals surface area contributed by atoms with Crippen LogP contribution in [0.3, 0.4) is 0 Å². The van der Waals surface area contributed by atoms with Gasteiger partial charge in [-0.2, -0.15) is 0 Å². The molecule has 3 aromatic rings. The Hall–Kier alpha value is -3.48. The van der Waals surface area contributed by atoms with Crippen LogP contribution in [-0.4, -0.2) is 38.3 Å². The van der Waals surface area contributed by atoms with Crippen molar-refractivity contribution in [2.45, 2.75) is 0 Å². The zero-order chi connectivity index (χ0) is 19.2. The van der Waals surface area contributed by atoms with Crippen molar-refractivity contribution in [1.29, 1.82) is 0 Å². The molecule has 0 aliphatic rings. The summed E-state index contributed by atoms with van der Waals surface area (Å²) in [5.74, 6) is 2.69. The summed E-state index contributed by atoms with van der Waals surface area (Å²) in [6.45, 7) is 0. The Kier molecular flexibility index (Phi) is 5.61. The summed E-state index contributed by atoms with van der Waals surface area (Å²) < 4.78 is 10.6. The van der Waals surface area contributed by atoms with Crippen LogP contribution < -0.4 is 25.0 Å². The molecule has 0 unspecified atom stereocenters. The van der Waals surface area contributed by atoms with Crippen LogP contribution in [0.25, 0.3) is 0 Å². The third kappa shape index (κ3) is 4.58. The lowest BCUT2D eigenvalue weighted by Gasteiger charge is -2.13. The molecule has 0 saturated heterocycles. The monoisotopic (exact) mass is 365 g/mol. The molecule has 0 aliphatic heterocycles. The van der Waals surface area contributed by atoms with Gasteiger partial charge in [-0.1, -0.05) is 0 Å². The first-order chi connectivity index (χ1) is 13.1. The Morgan fingerprint density at radius 2 is 1.33 bits per heavy atom. The van der Waals surface area contributed by atoms with Gasteiger partial charge in [-0.3, -0.25) is 0 Å². The summed E-state index contributed by atoms with van der Waals surface area (Å²) >= 11 is 0. The fourth-order valence-corrected chi connectivity index (χ4v) is 2.55. The SMILES string of the molecule is COc1ccc(Nc2cc(Nc3ccc(N(C)C)cc3)ncn2)cc1OC. The maximum absolute atomic E-state index is 5.33. The van der Waals surface area contributed by atoms with Crippen molar-refractivity contribution in [3.63, 3.8) is 0 Å². The number of nitrogens with one attached hydrogen (secondary N) is 2. The average molecular weight is 365 g/mol. The van der Waals surface area contributed by atoms with Crippen molar-refractivity contribution in [2.75, 3.05) is 43.8 Å². The van der Waals surface area contributed by atoms with Gasteiger partial charge >= 0.3 is 0 Å². The van der Waals surface area contributed by atoms with E-state index in [0.717, 1.165) is 17.1 Å². The van der Waals surface area contributed by atoms with Gasteiger partial charge in [-0.25, -0.2) is 9.97 Å². The Balaban J connectivity index is 1.73. The lowest BCUT2D eigenvalue weighted by Crippen LogP contribution is -2.08. The molecule has 3 rings (SSSR count). The highest BCUT2D eigenvalue weighted by Gasteiger charge is 2.06. The first-order valence-corrected chi connectivity index (χ1v) is 8.44. The van der Waals surface area contributed by atoms with Gasteiger partial charge in [-0.05, 0) is 36.4 Å². The molecule has 0 atom stereocenters. The first kappa shape index (κ1) is 18.3.